The predicted octanol–water partition coefficient (Wildman–Crippen LogP) is 5.11. The van der Waals surface area contributed by atoms with Crippen molar-refractivity contribution >= 4 is 37.4 Å². The molecule has 4 heteroatoms. The SMILES string of the molecule is CCOc1ccccc1C(N)c1csc2c(Br)cccc12. The van der Waals surface area contributed by atoms with E-state index in [-0.39, 0.29) is 6.04 Å². The van der Waals surface area contributed by atoms with Crippen LogP contribution in [0.5, 0.6) is 5.75 Å². The van der Waals surface area contributed by atoms with E-state index in [1.165, 1.54) is 10.1 Å². The van der Waals surface area contributed by atoms with Crippen LogP contribution in [0.1, 0.15) is 24.1 Å². The first-order chi connectivity index (χ1) is 10.2. The highest BCUT2D eigenvalue weighted by Gasteiger charge is 2.18. The predicted molar refractivity (Wildman–Crippen MR) is 93.2 cm³/mol. The minimum Gasteiger partial charge on any atom is -0.494 e. The van der Waals surface area contributed by atoms with Crippen LogP contribution in [-0.4, -0.2) is 6.61 Å². The smallest absolute Gasteiger partial charge is 0.124 e. The molecule has 0 amide bonds. The van der Waals surface area contributed by atoms with Gasteiger partial charge in [-0.3, -0.25) is 0 Å². The summed E-state index contributed by atoms with van der Waals surface area (Å²) in [5, 5.41) is 3.34. The zero-order valence-electron chi connectivity index (χ0n) is 11.7. The summed E-state index contributed by atoms with van der Waals surface area (Å²) in [5.41, 5.74) is 8.69. The van der Waals surface area contributed by atoms with Crippen molar-refractivity contribution in [3.63, 3.8) is 0 Å². The Kier molecular flexibility index (Phi) is 4.29. The molecule has 0 saturated carbocycles. The van der Waals surface area contributed by atoms with Gasteiger partial charge in [0.2, 0.25) is 0 Å². The molecule has 0 aliphatic rings. The van der Waals surface area contributed by atoms with Gasteiger partial charge in [-0.25, -0.2) is 0 Å². The molecule has 0 saturated heterocycles. The van der Waals surface area contributed by atoms with E-state index in [4.69, 9.17) is 10.5 Å². The molecule has 1 unspecified atom stereocenters. The summed E-state index contributed by atoms with van der Waals surface area (Å²) < 4.78 is 8.05. The van der Waals surface area contributed by atoms with Gasteiger partial charge in [0.1, 0.15) is 5.75 Å². The van der Waals surface area contributed by atoms with Crippen LogP contribution in [0.4, 0.5) is 0 Å². The number of hydrogen-bond acceptors (Lipinski definition) is 3. The monoisotopic (exact) mass is 361 g/mol. The van der Waals surface area contributed by atoms with Crippen LogP contribution in [0.3, 0.4) is 0 Å². The number of nitrogens with two attached hydrogens (primary N) is 1. The second-order valence-corrected chi connectivity index (χ2v) is 6.49. The van der Waals surface area contributed by atoms with Crippen molar-refractivity contribution < 1.29 is 4.74 Å². The van der Waals surface area contributed by atoms with Crippen LogP contribution in [-0.2, 0) is 0 Å². The largest absolute Gasteiger partial charge is 0.494 e. The standard InChI is InChI=1S/C17H16BrNOS/c1-2-20-15-9-4-3-6-12(15)16(19)13-10-21-17-11(13)7-5-8-14(17)18/h3-10,16H,2,19H2,1H3. The van der Waals surface area contributed by atoms with Gasteiger partial charge in [0.05, 0.1) is 12.6 Å². The lowest BCUT2D eigenvalue weighted by Crippen LogP contribution is -2.13. The van der Waals surface area contributed by atoms with Gasteiger partial charge in [-0.2, -0.15) is 0 Å². The Hall–Kier alpha value is -1.36. The third-order valence-electron chi connectivity index (χ3n) is 3.47. The normalized spacial score (nSPS) is 12.5. The second kappa shape index (κ2) is 6.18. The molecule has 2 N–H and O–H groups in total. The number of para-hydroxylation sites is 1. The van der Waals surface area contributed by atoms with Crippen molar-refractivity contribution in [2.45, 2.75) is 13.0 Å². The van der Waals surface area contributed by atoms with Crippen molar-refractivity contribution in [3.8, 4) is 5.75 Å². The van der Waals surface area contributed by atoms with Crippen LogP contribution in [0.2, 0.25) is 0 Å². The maximum Gasteiger partial charge on any atom is 0.124 e. The van der Waals surface area contributed by atoms with Gasteiger partial charge in [-0.05, 0) is 51.3 Å². The van der Waals surface area contributed by atoms with Gasteiger partial charge in [0.15, 0.2) is 0 Å². The highest BCUT2D eigenvalue weighted by Crippen LogP contribution is 2.38. The quantitative estimate of drug-likeness (QED) is 0.700. The lowest BCUT2D eigenvalue weighted by atomic mass is 9.98. The fourth-order valence-corrected chi connectivity index (χ4v) is 4.13. The molecular formula is C17H16BrNOS. The summed E-state index contributed by atoms with van der Waals surface area (Å²) in [7, 11) is 0. The highest BCUT2D eigenvalue weighted by molar-refractivity contribution is 9.10. The molecule has 0 radical (unpaired) electrons. The molecule has 2 aromatic carbocycles. The zero-order valence-corrected chi connectivity index (χ0v) is 14.1. The molecule has 3 rings (SSSR count). The van der Waals surface area contributed by atoms with E-state index in [2.05, 4.69) is 33.4 Å². The van der Waals surface area contributed by atoms with Gasteiger partial charge in [0, 0.05) is 14.7 Å². The summed E-state index contributed by atoms with van der Waals surface area (Å²) in [6.45, 7) is 2.62. The second-order valence-electron chi connectivity index (χ2n) is 4.76. The van der Waals surface area contributed by atoms with Crippen LogP contribution in [0, 0.1) is 0 Å². The zero-order chi connectivity index (χ0) is 14.8. The summed E-state index contributed by atoms with van der Waals surface area (Å²) in [6, 6.07) is 14.0. The topological polar surface area (TPSA) is 35.2 Å². The number of rotatable bonds is 4. The molecule has 2 nitrogen and oxygen atoms in total. The average Bonchev–Trinajstić information content (AvgIpc) is 2.93. The fraction of sp³-hybridized carbons (Fsp3) is 0.176. The lowest BCUT2D eigenvalue weighted by molar-refractivity contribution is 0.335. The molecule has 3 aromatic rings. The molecule has 1 atom stereocenters. The minimum absolute atomic E-state index is 0.184. The van der Waals surface area contributed by atoms with Crippen molar-refractivity contribution in [2.24, 2.45) is 5.73 Å². The minimum atomic E-state index is -0.184. The summed E-state index contributed by atoms with van der Waals surface area (Å²) in [4.78, 5) is 0. The number of fused-ring (bicyclic) bond motifs is 1. The van der Waals surface area contributed by atoms with E-state index in [1.807, 2.05) is 37.3 Å². The molecule has 1 aromatic heterocycles. The number of benzene rings is 2. The van der Waals surface area contributed by atoms with Gasteiger partial charge >= 0.3 is 0 Å². The third kappa shape index (κ3) is 2.71. The number of ether oxygens (including phenoxy) is 1. The van der Waals surface area contributed by atoms with Gasteiger partial charge in [0.25, 0.3) is 0 Å². The number of halogens is 1. The van der Waals surface area contributed by atoms with Crippen LogP contribution in [0.15, 0.2) is 52.3 Å². The van der Waals surface area contributed by atoms with Gasteiger partial charge < -0.3 is 10.5 Å². The highest BCUT2D eigenvalue weighted by atomic mass is 79.9. The van der Waals surface area contributed by atoms with Crippen molar-refractivity contribution in [2.75, 3.05) is 6.61 Å². The van der Waals surface area contributed by atoms with E-state index in [1.54, 1.807) is 11.3 Å². The van der Waals surface area contributed by atoms with E-state index < -0.39 is 0 Å². The van der Waals surface area contributed by atoms with Crippen LogP contribution < -0.4 is 10.5 Å². The maximum atomic E-state index is 6.52. The Morgan fingerprint density at radius 1 is 1.14 bits per heavy atom. The van der Waals surface area contributed by atoms with E-state index in [9.17, 15) is 0 Å². The fourth-order valence-electron chi connectivity index (χ4n) is 2.47. The lowest BCUT2D eigenvalue weighted by Gasteiger charge is -2.16. The maximum absolute atomic E-state index is 6.52. The van der Waals surface area contributed by atoms with Crippen molar-refractivity contribution in [3.05, 3.63) is 63.4 Å². The third-order valence-corrected chi connectivity index (χ3v) is 5.44. The molecule has 0 bridgehead atoms. The summed E-state index contributed by atoms with van der Waals surface area (Å²) in [6.07, 6.45) is 0. The molecule has 108 valence electrons. The van der Waals surface area contributed by atoms with E-state index in [0.717, 1.165) is 21.3 Å². The molecule has 0 fully saturated rings. The number of thiophene rings is 1. The van der Waals surface area contributed by atoms with Gasteiger partial charge in [-0.15, -0.1) is 11.3 Å². The van der Waals surface area contributed by atoms with Crippen molar-refractivity contribution in [1.82, 2.24) is 0 Å². The summed E-state index contributed by atoms with van der Waals surface area (Å²) >= 11 is 5.31. The van der Waals surface area contributed by atoms with Crippen LogP contribution >= 0.6 is 27.3 Å². The van der Waals surface area contributed by atoms with E-state index >= 15 is 0 Å². The molecule has 0 aliphatic heterocycles. The molecule has 0 spiro atoms. The molecule has 0 aliphatic carbocycles. The first-order valence-corrected chi connectivity index (χ1v) is 8.52. The van der Waals surface area contributed by atoms with Gasteiger partial charge in [-0.1, -0.05) is 30.3 Å². The number of hydrogen-bond donors (Lipinski definition) is 1. The molecule has 1 heterocycles. The Balaban J connectivity index is 2.09. The molecule has 21 heavy (non-hydrogen) atoms. The average molecular weight is 362 g/mol. The Labute approximate surface area is 136 Å². The van der Waals surface area contributed by atoms with Crippen molar-refractivity contribution in [1.29, 1.82) is 0 Å². The first kappa shape index (κ1) is 14.6. The molecular weight excluding hydrogens is 346 g/mol. The Bertz CT molecular complexity index is 768. The Morgan fingerprint density at radius 3 is 2.76 bits per heavy atom. The Morgan fingerprint density at radius 2 is 1.95 bits per heavy atom. The van der Waals surface area contributed by atoms with E-state index in [0.29, 0.717) is 6.61 Å². The summed E-state index contributed by atoms with van der Waals surface area (Å²) in [5.74, 6) is 0.863. The van der Waals surface area contributed by atoms with Crippen LogP contribution in [0.25, 0.3) is 10.1 Å². The first-order valence-electron chi connectivity index (χ1n) is 6.85.